The number of esters is 1. The van der Waals surface area contributed by atoms with Crippen LogP contribution in [0.25, 0.3) is 0 Å². The lowest BCUT2D eigenvalue weighted by molar-refractivity contribution is 0.0373. The third-order valence-electron chi connectivity index (χ3n) is 2.32. The number of aryl methyl sites for hydroxylation is 1. The van der Waals surface area contributed by atoms with Gasteiger partial charge in [-0.25, -0.2) is 18.4 Å². The van der Waals surface area contributed by atoms with Crippen molar-refractivity contribution < 1.29 is 17.9 Å². The molecule has 0 aliphatic rings. The second kappa shape index (κ2) is 5.49. The highest BCUT2D eigenvalue weighted by atomic mass is 32.2. The van der Waals surface area contributed by atoms with Crippen LogP contribution in [0.3, 0.4) is 0 Å². The fraction of sp³-hybridized carbons (Fsp3) is 0.417. The van der Waals surface area contributed by atoms with E-state index in [-0.39, 0.29) is 16.6 Å². The fourth-order valence-corrected chi connectivity index (χ4v) is 2.67. The number of hydrogen-bond donors (Lipinski definition) is 1. The van der Waals surface area contributed by atoms with Gasteiger partial charge in [0.05, 0.1) is 16.6 Å². The average Bonchev–Trinajstić information content (AvgIpc) is 2.25. The largest absolute Gasteiger partial charge is 0.459 e. The Morgan fingerprint density at radius 2 is 2.00 bits per heavy atom. The maximum atomic E-state index is 11.8. The van der Waals surface area contributed by atoms with Gasteiger partial charge < -0.3 is 4.74 Å². The lowest BCUT2D eigenvalue weighted by atomic mass is 10.1. The summed E-state index contributed by atoms with van der Waals surface area (Å²) in [4.78, 5) is 11.7. The Kier molecular flexibility index (Phi) is 4.48. The molecule has 0 spiro atoms. The molecule has 0 saturated heterocycles. The summed E-state index contributed by atoms with van der Waals surface area (Å²) < 4.78 is 28.2. The minimum atomic E-state index is -3.96. The monoisotopic (exact) mass is 271 g/mol. The highest BCUT2D eigenvalue weighted by molar-refractivity contribution is 7.89. The van der Waals surface area contributed by atoms with Gasteiger partial charge in [0, 0.05) is 0 Å². The van der Waals surface area contributed by atoms with Gasteiger partial charge >= 0.3 is 5.97 Å². The van der Waals surface area contributed by atoms with Crippen molar-refractivity contribution in [1.82, 2.24) is 0 Å². The number of benzene rings is 1. The van der Waals surface area contributed by atoms with Crippen LogP contribution in [0.4, 0.5) is 0 Å². The SMILES string of the molecule is CCc1cccc(C(=O)OC(C)C)c1S(N)(=O)=O. The zero-order chi connectivity index (χ0) is 13.9. The average molecular weight is 271 g/mol. The summed E-state index contributed by atoms with van der Waals surface area (Å²) in [6.07, 6.45) is 0.144. The van der Waals surface area contributed by atoms with Gasteiger partial charge in [0.2, 0.25) is 10.0 Å². The summed E-state index contributed by atoms with van der Waals surface area (Å²) in [7, 11) is -3.96. The van der Waals surface area contributed by atoms with Gasteiger partial charge in [-0.3, -0.25) is 0 Å². The van der Waals surface area contributed by atoms with E-state index in [1.165, 1.54) is 6.07 Å². The molecule has 0 atom stereocenters. The molecule has 6 heteroatoms. The number of carbonyl (C=O) groups is 1. The Labute approximate surface area is 107 Å². The van der Waals surface area contributed by atoms with Gasteiger partial charge in [0.25, 0.3) is 0 Å². The molecule has 0 aliphatic carbocycles. The number of ether oxygens (including phenoxy) is 1. The number of carbonyl (C=O) groups excluding carboxylic acids is 1. The van der Waals surface area contributed by atoms with Crippen molar-refractivity contribution in [3.05, 3.63) is 29.3 Å². The van der Waals surface area contributed by atoms with E-state index in [2.05, 4.69) is 0 Å². The quantitative estimate of drug-likeness (QED) is 0.840. The predicted octanol–water partition coefficient (Wildman–Crippen LogP) is 1.46. The molecule has 1 aromatic rings. The highest BCUT2D eigenvalue weighted by Crippen LogP contribution is 2.21. The van der Waals surface area contributed by atoms with Gasteiger partial charge in [0.15, 0.2) is 0 Å². The van der Waals surface area contributed by atoms with Crippen molar-refractivity contribution in [2.24, 2.45) is 5.14 Å². The molecule has 0 radical (unpaired) electrons. The molecule has 1 aromatic carbocycles. The van der Waals surface area contributed by atoms with Crippen LogP contribution in [-0.4, -0.2) is 20.5 Å². The van der Waals surface area contributed by atoms with Crippen molar-refractivity contribution >= 4 is 16.0 Å². The van der Waals surface area contributed by atoms with Crippen LogP contribution in [0, 0.1) is 0 Å². The third kappa shape index (κ3) is 3.30. The normalized spacial score (nSPS) is 11.6. The third-order valence-corrected chi connectivity index (χ3v) is 3.38. The van der Waals surface area contributed by atoms with Crippen LogP contribution in [0.15, 0.2) is 23.1 Å². The van der Waals surface area contributed by atoms with Crippen molar-refractivity contribution in [3.63, 3.8) is 0 Å². The first-order valence-corrected chi connectivity index (χ1v) is 7.17. The molecule has 0 aliphatic heterocycles. The van der Waals surface area contributed by atoms with Crippen molar-refractivity contribution in [1.29, 1.82) is 0 Å². The Balaban J connectivity index is 3.41. The van der Waals surface area contributed by atoms with E-state index in [1.54, 1.807) is 32.9 Å². The van der Waals surface area contributed by atoms with Gasteiger partial charge in [0.1, 0.15) is 0 Å². The predicted molar refractivity (Wildman–Crippen MR) is 67.7 cm³/mol. The number of primary sulfonamides is 1. The Morgan fingerprint density at radius 3 is 2.44 bits per heavy atom. The van der Waals surface area contributed by atoms with Crippen LogP contribution < -0.4 is 5.14 Å². The molecule has 0 bridgehead atoms. The molecule has 0 aromatic heterocycles. The molecule has 0 saturated carbocycles. The molecule has 0 fully saturated rings. The van der Waals surface area contributed by atoms with E-state index < -0.39 is 16.0 Å². The van der Waals surface area contributed by atoms with E-state index in [1.807, 2.05) is 0 Å². The first-order valence-electron chi connectivity index (χ1n) is 5.63. The van der Waals surface area contributed by atoms with Crippen molar-refractivity contribution in [2.75, 3.05) is 0 Å². The molecule has 2 N–H and O–H groups in total. The van der Waals surface area contributed by atoms with E-state index in [0.29, 0.717) is 12.0 Å². The second-order valence-electron chi connectivity index (χ2n) is 4.15. The van der Waals surface area contributed by atoms with Gasteiger partial charge in [-0.1, -0.05) is 19.1 Å². The lowest BCUT2D eigenvalue weighted by Crippen LogP contribution is -2.21. The molecule has 1 rings (SSSR count). The first kappa shape index (κ1) is 14.7. The summed E-state index contributed by atoms with van der Waals surface area (Å²) in [6.45, 7) is 5.18. The molecule has 0 amide bonds. The second-order valence-corrected chi connectivity index (χ2v) is 5.64. The van der Waals surface area contributed by atoms with Crippen LogP contribution >= 0.6 is 0 Å². The lowest BCUT2D eigenvalue weighted by Gasteiger charge is -2.13. The number of rotatable bonds is 4. The van der Waals surface area contributed by atoms with Gasteiger partial charge in [-0.05, 0) is 31.9 Å². The smallest absolute Gasteiger partial charge is 0.339 e. The Bertz CT molecular complexity index is 549. The Hall–Kier alpha value is -1.40. The molecule has 18 heavy (non-hydrogen) atoms. The molecular formula is C12H17NO4S. The van der Waals surface area contributed by atoms with E-state index in [9.17, 15) is 13.2 Å². The standard InChI is InChI=1S/C12H17NO4S/c1-4-9-6-5-7-10(11(9)18(13,15)16)12(14)17-8(2)3/h5-8H,4H2,1-3H3,(H2,13,15,16). The van der Waals surface area contributed by atoms with Crippen LogP contribution in [0.2, 0.25) is 0 Å². The van der Waals surface area contributed by atoms with E-state index >= 15 is 0 Å². The van der Waals surface area contributed by atoms with Gasteiger partial charge in [-0.2, -0.15) is 0 Å². The summed E-state index contributed by atoms with van der Waals surface area (Å²) in [5.74, 6) is -0.677. The van der Waals surface area contributed by atoms with Crippen molar-refractivity contribution in [2.45, 2.75) is 38.2 Å². The molecule has 0 unspecified atom stereocenters. The maximum Gasteiger partial charge on any atom is 0.339 e. The van der Waals surface area contributed by atoms with Crippen LogP contribution in [0.1, 0.15) is 36.7 Å². The summed E-state index contributed by atoms with van der Waals surface area (Å²) in [5.41, 5.74) is 0.501. The summed E-state index contributed by atoms with van der Waals surface area (Å²) in [5, 5.41) is 5.17. The summed E-state index contributed by atoms with van der Waals surface area (Å²) in [6, 6.07) is 4.65. The van der Waals surface area contributed by atoms with Gasteiger partial charge in [-0.15, -0.1) is 0 Å². The van der Waals surface area contributed by atoms with E-state index in [4.69, 9.17) is 9.88 Å². The molecule has 100 valence electrons. The minimum absolute atomic E-state index is 0.00875. The number of sulfonamides is 1. The van der Waals surface area contributed by atoms with Crippen molar-refractivity contribution in [3.8, 4) is 0 Å². The molecule has 0 heterocycles. The topological polar surface area (TPSA) is 86.5 Å². The zero-order valence-corrected chi connectivity index (χ0v) is 11.5. The number of hydrogen-bond acceptors (Lipinski definition) is 4. The number of nitrogens with two attached hydrogens (primary N) is 1. The van der Waals surface area contributed by atoms with Crippen LogP contribution in [0.5, 0.6) is 0 Å². The maximum absolute atomic E-state index is 11.8. The Morgan fingerprint density at radius 1 is 1.39 bits per heavy atom. The zero-order valence-electron chi connectivity index (χ0n) is 10.6. The first-order chi connectivity index (χ1) is 8.27. The fourth-order valence-electron chi connectivity index (χ4n) is 1.64. The molecule has 5 nitrogen and oxygen atoms in total. The summed E-state index contributed by atoms with van der Waals surface area (Å²) >= 11 is 0. The highest BCUT2D eigenvalue weighted by Gasteiger charge is 2.23. The minimum Gasteiger partial charge on any atom is -0.459 e. The molecular weight excluding hydrogens is 254 g/mol. The van der Waals surface area contributed by atoms with E-state index in [0.717, 1.165) is 0 Å². The van der Waals surface area contributed by atoms with Crippen LogP contribution in [-0.2, 0) is 21.2 Å².